The molecule has 0 amide bonds. The van der Waals surface area contributed by atoms with Crippen LogP contribution in [0.1, 0.15) is 36.3 Å². The fraction of sp³-hybridized carbons (Fsp3) is 0.273. The Balaban J connectivity index is 0.00000272. The maximum atomic E-state index is 7.54. The number of guanidine groups is 1. The van der Waals surface area contributed by atoms with Gasteiger partial charge in [0.2, 0.25) is 11.7 Å². The molecule has 4 rings (SSSR count). The van der Waals surface area contributed by atoms with Gasteiger partial charge in [-0.05, 0) is 24.5 Å². The van der Waals surface area contributed by atoms with Gasteiger partial charge in [0.05, 0.1) is 11.6 Å². The quantitative estimate of drug-likeness (QED) is 0.342. The van der Waals surface area contributed by atoms with E-state index in [1.54, 1.807) is 0 Å². The zero-order chi connectivity index (χ0) is 20.9. The summed E-state index contributed by atoms with van der Waals surface area (Å²) in [6.45, 7) is 3.71. The van der Waals surface area contributed by atoms with Gasteiger partial charge in [0.25, 0.3) is 0 Å². The van der Waals surface area contributed by atoms with E-state index in [1.807, 2.05) is 66.4 Å². The largest absolute Gasteiger partial charge is 0.391 e. The molecule has 8 nitrogen and oxygen atoms in total. The van der Waals surface area contributed by atoms with E-state index in [1.165, 1.54) is 0 Å². The molecule has 0 radical (unpaired) electrons. The van der Waals surface area contributed by atoms with Crippen LogP contribution in [0.2, 0.25) is 0 Å². The topological polar surface area (TPSA) is 114 Å². The average Bonchev–Trinajstić information content (AvgIpc) is 3.44. The van der Waals surface area contributed by atoms with Crippen molar-refractivity contribution < 1.29 is 9.36 Å². The molecular formula is C22H25ClN6O2. The number of nitrogens with one attached hydrogen (secondary N) is 1. The van der Waals surface area contributed by atoms with E-state index in [-0.39, 0.29) is 24.3 Å². The lowest BCUT2D eigenvalue weighted by Gasteiger charge is -2.14. The minimum absolute atomic E-state index is 0. The Bertz CT molecular complexity index is 1040. The summed E-state index contributed by atoms with van der Waals surface area (Å²) in [4.78, 5) is 11.8. The second kappa shape index (κ2) is 10.1. The van der Waals surface area contributed by atoms with Gasteiger partial charge in [-0.3, -0.25) is 5.41 Å². The van der Waals surface area contributed by atoms with E-state index >= 15 is 0 Å². The molecule has 162 valence electrons. The molecule has 1 atom stereocenters. The Labute approximate surface area is 187 Å². The molecule has 0 spiro atoms. The number of nitrogens with zero attached hydrogens (tertiary/aromatic N) is 4. The summed E-state index contributed by atoms with van der Waals surface area (Å²) in [7, 11) is 0. The fourth-order valence-electron chi connectivity index (χ4n) is 3.39. The van der Waals surface area contributed by atoms with E-state index in [4.69, 9.17) is 20.5 Å². The van der Waals surface area contributed by atoms with Crippen molar-refractivity contribution in [1.29, 1.82) is 5.41 Å². The Morgan fingerprint density at radius 2 is 1.97 bits per heavy atom. The normalized spacial score (nSPS) is 16.1. The lowest BCUT2D eigenvalue weighted by atomic mass is 10.1. The molecule has 3 N–H and O–H groups in total. The highest BCUT2D eigenvalue weighted by atomic mass is 35.5. The van der Waals surface area contributed by atoms with Gasteiger partial charge in [0.1, 0.15) is 6.61 Å². The minimum Gasteiger partial charge on any atom is -0.391 e. The predicted molar refractivity (Wildman–Crippen MR) is 121 cm³/mol. The second-order valence-corrected chi connectivity index (χ2v) is 7.29. The third-order valence-electron chi connectivity index (χ3n) is 5.16. The first-order chi connectivity index (χ1) is 14.6. The maximum Gasteiger partial charge on any atom is 0.231 e. The molecule has 3 aromatic rings. The van der Waals surface area contributed by atoms with Crippen molar-refractivity contribution in [1.82, 2.24) is 15.0 Å². The lowest BCUT2D eigenvalue weighted by Crippen LogP contribution is -2.34. The SMILES string of the molecule is CC(=NOCc1ccccc1)c1ccc(-c2noc([C@@H]3CCN(C(=N)N)C3)n2)cc1.Cl. The first-order valence-corrected chi connectivity index (χ1v) is 9.84. The van der Waals surface area contributed by atoms with E-state index in [0.717, 1.165) is 35.4 Å². The highest BCUT2D eigenvalue weighted by molar-refractivity contribution is 5.98. The predicted octanol–water partition coefficient (Wildman–Crippen LogP) is 3.78. The van der Waals surface area contributed by atoms with Crippen LogP contribution < -0.4 is 5.73 Å². The van der Waals surface area contributed by atoms with E-state index in [2.05, 4.69) is 15.3 Å². The zero-order valence-corrected chi connectivity index (χ0v) is 18.0. The number of aromatic nitrogens is 2. The molecule has 1 aromatic heterocycles. The molecule has 1 aliphatic rings. The van der Waals surface area contributed by atoms with Crippen molar-refractivity contribution in [3.8, 4) is 11.4 Å². The number of rotatable bonds is 6. The van der Waals surface area contributed by atoms with Crippen LogP contribution in [-0.2, 0) is 11.4 Å². The van der Waals surface area contributed by atoms with E-state index < -0.39 is 0 Å². The van der Waals surface area contributed by atoms with Gasteiger partial charge in [-0.15, -0.1) is 12.4 Å². The van der Waals surface area contributed by atoms with Crippen LogP contribution in [0.3, 0.4) is 0 Å². The summed E-state index contributed by atoms with van der Waals surface area (Å²) in [5.74, 6) is 1.32. The van der Waals surface area contributed by atoms with Crippen LogP contribution in [0.25, 0.3) is 11.4 Å². The Morgan fingerprint density at radius 1 is 1.23 bits per heavy atom. The standard InChI is InChI=1S/C22H24N6O2.ClH/c1-15(26-29-14-16-5-3-2-4-6-16)17-7-9-18(10-8-17)20-25-21(30-27-20)19-11-12-28(13-19)22(23)24;/h2-10,19H,11-14H2,1H3,(H3,23,24);1H/t19-;/m1./s1. The minimum atomic E-state index is 0. The van der Waals surface area contributed by atoms with Crippen LogP contribution in [0.4, 0.5) is 0 Å². The zero-order valence-electron chi connectivity index (χ0n) is 17.2. The molecule has 1 saturated heterocycles. The number of hydrogen-bond donors (Lipinski definition) is 2. The summed E-state index contributed by atoms with van der Waals surface area (Å²) >= 11 is 0. The number of nitrogens with two attached hydrogens (primary N) is 1. The average molecular weight is 441 g/mol. The smallest absolute Gasteiger partial charge is 0.231 e. The number of oxime groups is 1. The molecule has 0 saturated carbocycles. The third-order valence-corrected chi connectivity index (χ3v) is 5.16. The van der Waals surface area contributed by atoms with Gasteiger partial charge in [-0.2, -0.15) is 4.98 Å². The first-order valence-electron chi connectivity index (χ1n) is 9.84. The molecule has 2 heterocycles. The Hall–Kier alpha value is -3.39. The van der Waals surface area contributed by atoms with Gasteiger partial charge in [-0.25, -0.2) is 0 Å². The van der Waals surface area contributed by atoms with Crippen LogP contribution in [-0.4, -0.2) is 39.8 Å². The van der Waals surface area contributed by atoms with Gasteiger partial charge in [-0.1, -0.05) is 64.9 Å². The van der Waals surface area contributed by atoms with Crippen molar-refractivity contribution in [3.05, 3.63) is 71.6 Å². The monoisotopic (exact) mass is 440 g/mol. The maximum absolute atomic E-state index is 7.54. The molecule has 0 aliphatic carbocycles. The fourth-order valence-corrected chi connectivity index (χ4v) is 3.39. The van der Waals surface area contributed by atoms with Gasteiger partial charge >= 0.3 is 0 Å². The van der Waals surface area contributed by atoms with Crippen molar-refractivity contribution in [2.75, 3.05) is 13.1 Å². The first kappa shape index (κ1) is 22.3. The summed E-state index contributed by atoms with van der Waals surface area (Å²) in [6, 6.07) is 17.7. The van der Waals surface area contributed by atoms with Gasteiger partial charge in [0, 0.05) is 18.7 Å². The highest BCUT2D eigenvalue weighted by Gasteiger charge is 2.29. The van der Waals surface area contributed by atoms with Crippen molar-refractivity contribution in [2.24, 2.45) is 10.9 Å². The van der Waals surface area contributed by atoms with Crippen LogP contribution in [0.5, 0.6) is 0 Å². The highest BCUT2D eigenvalue weighted by Crippen LogP contribution is 2.27. The van der Waals surface area contributed by atoms with Crippen LogP contribution >= 0.6 is 12.4 Å². The number of benzene rings is 2. The summed E-state index contributed by atoms with van der Waals surface area (Å²) in [5, 5.41) is 15.9. The summed E-state index contributed by atoms with van der Waals surface area (Å²) in [5.41, 5.74) is 9.26. The van der Waals surface area contributed by atoms with E-state index in [0.29, 0.717) is 24.9 Å². The molecule has 1 fully saturated rings. The van der Waals surface area contributed by atoms with Crippen molar-refractivity contribution in [2.45, 2.75) is 25.9 Å². The van der Waals surface area contributed by atoms with Gasteiger partial charge < -0.3 is 20.0 Å². The number of likely N-dealkylation sites (tertiary alicyclic amines) is 1. The van der Waals surface area contributed by atoms with Crippen LogP contribution in [0, 0.1) is 5.41 Å². The molecule has 9 heteroatoms. The van der Waals surface area contributed by atoms with Crippen LogP contribution in [0.15, 0.2) is 64.3 Å². The summed E-state index contributed by atoms with van der Waals surface area (Å²) < 4.78 is 5.46. The molecule has 31 heavy (non-hydrogen) atoms. The molecule has 0 bridgehead atoms. The van der Waals surface area contributed by atoms with Crippen molar-refractivity contribution >= 4 is 24.1 Å². The van der Waals surface area contributed by atoms with E-state index in [9.17, 15) is 0 Å². The third kappa shape index (κ3) is 5.40. The Kier molecular flexibility index (Phi) is 7.25. The molecule has 0 unspecified atom stereocenters. The second-order valence-electron chi connectivity index (χ2n) is 7.29. The lowest BCUT2D eigenvalue weighted by molar-refractivity contribution is 0.130. The molecule has 2 aromatic carbocycles. The van der Waals surface area contributed by atoms with Gasteiger partial charge in [0.15, 0.2) is 5.96 Å². The Morgan fingerprint density at radius 3 is 2.65 bits per heavy atom. The number of hydrogen-bond acceptors (Lipinski definition) is 6. The summed E-state index contributed by atoms with van der Waals surface area (Å²) in [6.07, 6.45) is 0.846. The number of halogens is 1. The van der Waals surface area contributed by atoms with Crippen molar-refractivity contribution in [3.63, 3.8) is 0 Å². The molecular weight excluding hydrogens is 416 g/mol. The molecule has 1 aliphatic heterocycles.